The number of thiophene rings is 1. The third-order valence-corrected chi connectivity index (χ3v) is 5.45. The molecule has 0 spiro atoms. The maximum Gasteiger partial charge on any atom is 0.244 e. The van der Waals surface area contributed by atoms with Crippen LogP contribution in [0.15, 0.2) is 46.3 Å². The molecule has 6 heteroatoms. The van der Waals surface area contributed by atoms with E-state index in [4.69, 9.17) is 0 Å². The zero-order valence-corrected chi connectivity index (χ0v) is 14.1. The summed E-state index contributed by atoms with van der Waals surface area (Å²) < 4.78 is 2.17. The number of thiazole rings is 1. The standard InChI is InChI=1S/C15H11BrN2OS2/c16-10-7-11(20-9-10)8-17-14(19)5-6-15-18-12-3-1-2-4-13(12)21-15/h1-7,9H,8H2,(H,17,19)/b6-5+. The minimum Gasteiger partial charge on any atom is -0.348 e. The molecule has 106 valence electrons. The highest BCUT2D eigenvalue weighted by Crippen LogP contribution is 2.22. The monoisotopic (exact) mass is 378 g/mol. The number of carbonyl (C=O) groups is 1. The molecule has 3 rings (SSSR count). The second kappa shape index (κ2) is 6.51. The Hall–Kier alpha value is -1.50. The largest absolute Gasteiger partial charge is 0.348 e. The molecule has 2 heterocycles. The van der Waals surface area contributed by atoms with Crippen molar-refractivity contribution in [3.05, 3.63) is 56.1 Å². The highest BCUT2D eigenvalue weighted by molar-refractivity contribution is 9.10. The highest BCUT2D eigenvalue weighted by Gasteiger charge is 2.02. The van der Waals surface area contributed by atoms with Gasteiger partial charge in [-0.15, -0.1) is 22.7 Å². The highest BCUT2D eigenvalue weighted by atomic mass is 79.9. The fourth-order valence-corrected chi connectivity index (χ4v) is 4.05. The lowest BCUT2D eigenvalue weighted by Gasteiger charge is -1.98. The molecule has 0 aliphatic heterocycles. The lowest BCUT2D eigenvalue weighted by atomic mass is 10.3. The molecule has 0 bridgehead atoms. The summed E-state index contributed by atoms with van der Waals surface area (Å²) in [6.07, 6.45) is 3.28. The van der Waals surface area contributed by atoms with Gasteiger partial charge in [0.15, 0.2) is 0 Å². The van der Waals surface area contributed by atoms with E-state index in [0.717, 1.165) is 24.6 Å². The van der Waals surface area contributed by atoms with Crippen LogP contribution in [0.5, 0.6) is 0 Å². The fraction of sp³-hybridized carbons (Fsp3) is 0.0667. The zero-order valence-electron chi connectivity index (χ0n) is 10.9. The molecule has 0 radical (unpaired) electrons. The van der Waals surface area contributed by atoms with Gasteiger partial charge in [0.05, 0.1) is 16.8 Å². The number of aromatic nitrogens is 1. The van der Waals surface area contributed by atoms with E-state index in [0.29, 0.717) is 6.54 Å². The van der Waals surface area contributed by atoms with Crippen molar-refractivity contribution < 1.29 is 4.79 Å². The predicted octanol–water partition coefficient (Wildman–Crippen LogP) is 4.45. The molecule has 2 aromatic heterocycles. The van der Waals surface area contributed by atoms with Gasteiger partial charge < -0.3 is 5.32 Å². The van der Waals surface area contributed by atoms with Crippen molar-refractivity contribution in [2.45, 2.75) is 6.54 Å². The summed E-state index contributed by atoms with van der Waals surface area (Å²) in [5, 5.41) is 5.69. The van der Waals surface area contributed by atoms with Gasteiger partial charge in [0, 0.05) is 20.8 Å². The van der Waals surface area contributed by atoms with Gasteiger partial charge in [0.2, 0.25) is 5.91 Å². The zero-order chi connectivity index (χ0) is 14.7. The van der Waals surface area contributed by atoms with Crippen LogP contribution in [0.3, 0.4) is 0 Å². The van der Waals surface area contributed by atoms with E-state index >= 15 is 0 Å². The Morgan fingerprint density at radius 2 is 2.24 bits per heavy atom. The molecule has 0 unspecified atom stereocenters. The van der Waals surface area contributed by atoms with E-state index in [1.807, 2.05) is 35.7 Å². The van der Waals surface area contributed by atoms with Crippen LogP contribution in [-0.2, 0) is 11.3 Å². The lowest BCUT2D eigenvalue weighted by molar-refractivity contribution is -0.116. The van der Waals surface area contributed by atoms with Crippen LogP contribution in [0.25, 0.3) is 16.3 Å². The van der Waals surface area contributed by atoms with Crippen molar-refractivity contribution >= 4 is 60.8 Å². The number of hydrogen-bond acceptors (Lipinski definition) is 4. The van der Waals surface area contributed by atoms with E-state index < -0.39 is 0 Å². The Bertz CT molecular complexity index is 774. The first kappa shape index (κ1) is 14.4. The van der Waals surface area contributed by atoms with E-state index in [-0.39, 0.29) is 5.91 Å². The number of amides is 1. The fourth-order valence-electron chi connectivity index (χ4n) is 1.79. The average molecular weight is 379 g/mol. The predicted molar refractivity (Wildman–Crippen MR) is 92.5 cm³/mol. The molecule has 1 aromatic carbocycles. The summed E-state index contributed by atoms with van der Waals surface area (Å²) in [7, 11) is 0. The summed E-state index contributed by atoms with van der Waals surface area (Å²) in [4.78, 5) is 17.4. The average Bonchev–Trinajstić information content (AvgIpc) is 3.08. The topological polar surface area (TPSA) is 42.0 Å². The third-order valence-electron chi connectivity index (χ3n) is 2.75. The van der Waals surface area contributed by atoms with Gasteiger partial charge in [-0.2, -0.15) is 0 Å². The first-order valence-electron chi connectivity index (χ1n) is 6.25. The Kier molecular flexibility index (Phi) is 4.48. The van der Waals surface area contributed by atoms with Crippen LogP contribution in [0.1, 0.15) is 9.88 Å². The van der Waals surface area contributed by atoms with Gasteiger partial charge in [-0.3, -0.25) is 4.79 Å². The summed E-state index contributed by atoms with van der Waals surface area (Å²) in [5.41, 5.74) is 0.964. The van der Waals surface area contributed by atoms with E-state index in [2.05, 4.69) is 26.2 Å². The number of para-hydroxylation sites is 1. The van der Waals surface area contributed by atoms with Gasteiger partial charge in [0.1, 0.15) is 5.01 Å². The Morgan fingerprint density at radius 3 is 3.00 bits per heavy atom. The Balaban J connectivity index is 1.61. The number of nitrogens with one attached hydrogen (secondary N) is 1. The van der Waals surface area contributed by atoms with Crippen LogP contribution < -0.4 is 5.32 Å². The summed E-state index contributed by atoms with van der Waals surface area (Å²) >= 11 is 6.58. The summed E-state index contributed by atoms with van der Waals surface area (Å²) in [6, 6.07) is 9.94. The first-order valence-corrected chi connectivity index (χ1v) is 8.74. The minimum absolute atomic E-state index is 0.112. The van der Waals surface area contributed by atoms with Gasteiger partial charge in [-0.25, -0.2) is 4.98 Å². The number of benzene rings is 1. The summed E-state index contributed by atoms with van der Waals surface area (Å²) in [5.74, 6) is -0.112. The molecule has 1 N–H and O–H groups in total. The maximum atomic E-state index is 11.8. The van der Waals surface area contributed by atoms with E-state index in [1.165, 1.54) is 6.08 Å². The summed E-state index contributed by atoms with van der Waals surface area (Å²) in [6.45, 7) is 0.541. The van der Waals surface area contributed by atoms with Crippen LogP contribution in [0, 0.1) is 0 Å². The molecular weight excluding hydrogens is 368 g/mol. The van der Waals surface area contributed by atoms with Crippen molar-refractivity contribution in [2.24, 2.45) is 0 Å². The Labute approximate surface area is 138 Å². The van der Waals surface area contributed by atoms with Crippen LogP contribution in [0.2, 0.25) is 0 Å². The second-order valence-corrected chi connectivity index (χ2v) is 7.28. The molecule has 0 fully saturated rings. The van der Waals surface area contributed by atoms with Gasteiger partial charge in [-0.05, 0) is 40.2 Å². The normalized spacial score (nSPS) is 11.3. The number of fused-ring (bicyclic) bond motifs is 1. The molecule has 0 saturated heterocycles. The second-order valence-electron chi connectivity index (χ2n) is 4.30. The van der Waals surface area contributed by atoms with Crippen molar-refractivity contribution in [1.29, 1.82) is 0 Å². The molecule has 0 atom stereocenters. The van der Waals surface area contributed by atoms with E-state index in [9.17, 15) is 4.79 Å². The molecule has 1 amide bonds. The molecule has 0 saturated carbocycles. The maximum absolute atomic E-state index is 11.8. The number of hydrogen-bond donors (Lipinski definition) is 1. The molecule has 0 aliphatic carbocycles. The van der Waals surface area contributed by atoms with Crippen molar-refractivity contribution in [2.75, 3.05) is 0 Å². The van der Waals surface area contributed by atoms with Crippen LogP contribution in [0.4, 0.5) is 0 Å². The third kappa shape index (κ3) is 3.78. The minimum atomic E-state index is -0.112. The van der Waals surface area contributed by atoms with Crippen LogP contribution >= 0.6 is 38.6 Å². The van der Waals surface area contributed by atoms with Crippen LogP contribution in [-0.4, -0.2) is 10.9 Å². The smallest absolute Gasteiger partial charge is 0.244 e. The first-order chi connectivity index (χ1) is 10.2. The number of nitrogens with zero attached hydrogens (tertiary/aromatic N) is 1. The van der Waals surface area contributed by atoms with Gasteiger partial charge >= 0.3 is 0 Å². The van der Waals surface area contributed by atoms with Crippen molar-refractivity contribution in [1.82, 2.24) is 10.3 Å². The number of rotatable bonds is 4. The quantitative estimate of drug-likeness (QED) is 0.681. The lowest BCUT2D eigenvalue weighted by Crippen LogP contribution is -2.19. The number of halogens is 1. The molecule has 0 aliphatic rings. The molecule has 3 nitrogen and oxygen atoms in total. The molecular formula is C15H11BrN2OS2. The van der Waals surface area contributed by atoms with Crippen molar-refractivity contribution in [3.8, 4) is 0 Å². The number of carbonyl (C=O) groups excluding carboxylic acids is 1. The molecule has 21 heavy (non-hydrogen) atoms. The molecule has 3 aromatic rings. The van der Waals surface area contributed by atoms with Gasteiger partial charge in [0.25, 0.3) is 0 Å². The van der Waals surface area contributed by atoms with Gasteiger partial charge in [-0.1, -0.05) is 12.1 Å². The van der Waals surface area contributed by atoms with E-state index in [1.54, 1.807) is 28.7 Å². The van der Waals surface area contributed by atoms with Crippen molar-refractivity contribution in [3.63, 3.8) is 0 Å². The Morgan fingerprint density at radius 1 is 1.38 bits per heavy atom. The SMILES string of the molecule is O=C(/C=C/c1nc2ccccc2s1)NCc1cc(Br)cs1.